The average molecular weight is 241 g/mol. The van der Waals surface area contributed by atoms with Gasteiger partial charge in [0.25, 0.3) is 0 Å². The van der Waals surface area contributed by atoms with Crippen molar-refractivity contribution >= 4 is 11.7 Å². The Bertz CT molecular complexity index is 499. The largest absolute Gasteiger partial charge is 0.332 e. The predicted molar refractivity (Wildman–Crippen MR) is 71.3 cm³/mol. The molecule has 0 spiro atoms. The Kier molecular flexibility index (Phi) is 3.91. The van der Waals surface area contributed by atoms with Crippen molar-refractivity contribution in [1.82, 2.24) is 10.3 Å². The molecular formula is C14H15N3O. The predicted octanol–water partition coefficient (Wildman–Crippen LogP) is 2.43. The number of carbonyl (C=O) groups is 1. The summed E-state index contributed by atoms with van der Waals surface area (Å²) in [6, 6.07) is 15.0. The lowest BCUT2D eigenvalue weighted by Gasteiger charge is -2.17. The van der Waals surface area contributed by atoms with Crippen molar-refractivity contribution in [2.45, 2.75) is 6.54 Å². The molecule has 0 saturated carbocycles. The highest BCUT2D eigenvalue weighted by molar-refractivity contribution is 5.91. The lowest BCUT2D eigenvalue weighted by molar-refractivity contribution is 0.247. The molecule has 1 heterocycles. The second-order valence-corrected chi connectivity index (χ2v) is 3.87. The third-order valence-corrected chi connectivity index (χ3v) is 2.60. The lowest BCUT2D eigenvalue weighted by Crippen LogP contribution is -2.36. The lowest BCUT2D eigenvalue weighted by atomic mass is 10.3. The van der Waals surface area contributed by atoms with Crippen LogP contribution in [0.3, 0.4) is 0 Å². The van der Waals surface area contributed by atoms with Crippen molar-refractivity contribution < 1.29 is 4.79 Å². The maximum atomic E-state index is 11.9. The van der Waals surface area contributed by atoms with Crippen molar-refractivity contribution in [2.75, 3.05) is 11.9 Å². The number of rotatable bonds is 3. The fourth-order valence-corrected chi connectivity index (χ4v) is 1.56. The fraction of sp³-hybridized carbons (Fsp3) is 0.143. The number of hydrogen-bond acceptors (Lipinski definition) is 2. The van der Waals surface area contributed by atoms with E-state index in [1.807, 2.05) is 48.5 Å². The first-order valence-electron chi connectivity index (χ1n) is 5.74. The van der Waals surface area contributed by atoms with Gasteiger partial charge in [0.05, 0.1) is 12.2 Å². The molecule has 0 aliphatic heterocycles. The monoisotopic (exact) mass is 241 g/mol. The highest BCUT2D eigenvalue weighted by atomic mass is 16.2. The highest BCUT2D eigenvalue weighted by Crippen LogP contribution is 2.10. The Balaban J connectivity index is 1.93. The van der Waals surface area contributed by atoms with Gasteiger partial charge in [0, 0.05) is 18.9 Å². The minimum Gasteiger partial charge on any atom is -0.332 e. The molecule has 2 aromatic rings. The van der Waals surface area contributed by atoms with E-state index in [2.05, 4.69) is 10.3 Å². The molecule has 18 heavy (non-hydrogen) atoms. The van der Waals surface area contributed by atoms with E-state index >= 15 is 0 Å². The summed E-state index contributed by atoms with van der Waals surface area (Å²) in [7, 11) is 1.74. The number of amides is 2. The zero-order valence-electron chi connectivity index (χ0n) is 10.2. The van der Waals surface area contributed by atoms with E-state index in [-0.39, 0.29) is 6.03 Å². The van der Waals surface area contributed by atoms with Gasteiger partial charge in [0.15, 0.2) is 0 Å². The minimum absolute atomic E-state index is 0.146. The Labute approximate surface area is 106 Å². The molecule has 2 amide bonds. The molecule has 1 N–H and O–H groups in total. The molecule has 4 nitrogen and oxygen atoms in total. The summed E-state index contributed by atoms with van der Waals surface area (Å²) in [5.41, 5.74) is 1.70. The molecular weight excluding hydrogens is 226 g/mol. The molecule has 0 saturated heterocycles. The van der Waals surface area contributed by atoms with Crippen LogP contribution in [0.2, 0.25) is 0 Å². The zero-order chi connectivity index (χ0) is 12.8. The number of benzene rings is 1. The molecule has 4 heteroatoms. The topological polar surface area (TPSA) is 45.2 Å². The third-order valence-electron chi connectivity index (χ3n) is 2.60. The summed E-state index contributed by atoms with van der Waals surface area (Å²) in [6.07, 6.45) is 1.71. The van der Waals surface area contributed by atoms with Gasteiger partial charge < -0.3 is 5.32 Å². The SMILES string of the molecule is CN(C(=O)NCc1ccccn1)c1ccccc1. The van der Waals surface area contributed by atoms with Crippen LogP contribution in [0.15, 0.2) is 54.7 Å². The van der Waals surface area contributed by atoms with Gasteiger partial charge in [-0.15, -0.1) is 0 Å². The van der Waals surface area contributed by atoms with E-state index in [4.69, 9.17) is 0 Å². The van der Waals surface area contributed by atoms with Gasteiger partial charge in [0.2, 0.25) is 0 Å². The van der Waals surface area contributed by atoms with Crippen LogP contribution in [-0.2, 0) is 6.54 Å². The van der Waals surface area contributed by atoms with E-state index < -0.39 is 0 Å². The number of urea groups is 1. The molecule has 0 aliphatic carbocycles. The van der Waals surface area contributed by atoms with Crippen LogP contribution in [-0.4, -0.2) is 18.1 Å². The van der Waals surface area contributed by atoms with E-state index in [9.17, 15) is 4.79 Å². The van der Waals surface area contributed by atoms with Crippen LogP contribution in [0, 0.1) is 0 Å². The summed E-state index contributed by atoms with van der Waals surface area (Å²) < 4.78 is 0. The van der Waals surface area contributed by atoms with E-state index in [1.54, 1.807) is 18.1 Å². The molecule has 0 bridgehead atoms. The first-order valence-corrected chi connectivity index (χ1v) is 5.74. The number of pyridine rings is 1. The Morgan fingerprint density at radius 3 is 2.56 bits per heavy atom. The van der Waals surface area contributed by atoms with Crippen molar-refractivity contribution in [3.8, 4) is 0 Å². The summed E-state index contributed by atoms with van der Waals surface area (Å²) >= 11 is 0. The van der Waals surface area contributed by atoms with Gasteiger partial charge in [0.1, 0.15) is 0 Å². The fourth-order valence-electron chi connectivity index (χ4n) is 1.56. The molecule has 0 atom stereocenters. The van der Waals surface area contributed by atoms with E-state index in [1.165, 1.54) is 0 Å². The Morgan fingerprint density at radius 2 is 1.89 bits per heavy atom. The van der Waals surface area contributed by atoms with Crippen LogP contribution in [0.25, 0.3) is 0 Å². The summed E-state index contributed by atoms with van der Waals surface area (Å²) in [6.45, 7) is 0.427. The number of hydrogen-bond donors (Lipinski definition) is 1. The summed E-state index contributed by atoms with van der Waals surface area (Å²) in [5.74, 6) is 0. The maximum absolute atomic E-state index is 11.9. The second kappa shape index (κ2) is 5.82. The average Bonchev–Trinajstić information content (AvgIpc) is 2.46. The number of anilines is 1. The Morgan fingerprint density at radius 1 is 1.17 bits per heavy atom. The number of nitrogens with zero attached hydrogens (tertiary/aromatic N) is 2. The Hall–Kier alpha value is -2.36. The van der Waals surface area contributed by atoms with Crippen LogP contribution in [0.5, 0.6) is 0 Å². The number of aromatic nitrogens is 1. The number of para-hydroxylation sites is 1. The standard InChI is InChI=1S/C14H15N3O/c1-17(13-8-3-2-4-9-13)14(18)16-11-12-7-5-6-10-15-12/h2-10H,11H2,1H3,(H,16,18). The maximum Gasteiger partial charge on any atom is 0.321 e. The van der Waals surface area contributed by atoms with Crippen LogP contribution >= 0.6 is 0 Å². The third kappa shape index (κ3) is 3.07. The van der Waals surface area contributed by atoms with Gasteiger partial charge in [-0.2, -0.15) is 0 Å². The van der Waals surface area contributed by atoms with Gasteiger partial charge in [-0.1, -0.05) is 24.3 Å². The molecule has 0 aliphatic rings. The van der Waals surface area contributed by atoms with Gasteiger partial charge in [-0.05, 0) is 24.3 Å². The smallest absolute Gasteiger partial charge is 0.321 e. The quantitative estimate of drug-likeness (QED) is 0.897. The van der Waals surface area contributed by atoms with Crippen molar-refractivity contribution in [3.05, 3.63) is 60.4 Å². The van der Waals surface area contributed by atoms with Crippen molar-refractivity contribution in [1.29, 1.82) is 0 Å². The molecule has 92 valence electrons. The van der Waals surface area contributed by atoms with Crippen molar-refractivity contribution in [2.24, 2.45) is 0 Å². The van der Waals surface area contributed by atoms with E-state index in [0.29, 0.717) is 6.54 Å². The molecule has 1 aromatic heterocycles. The van der Waals surface area contributed by atoms with Crippen LogP contribution < -0.4 is 10.2 Å². The zero-order valence-corrected chi connectivity index (χ0v) is 10.2. The van der Waals surface area contributed by atoms with Crippen LogP contribution in [0.1, 0.15) is 5.69 Å². The first-order chi connectivity index (χ1) is 8.77. The number of nitrogens with one attached hydrogen (secondary N) is 1. The van der Waals surface area contributed by atoms with E-state index in [0.717, 1.165) is 11.4 Å². The van der Waals surface area contributed by atoms with Crippen molar-refractivity contribution in [3.63, 3.8) is 0 Å². The minimum atomic E-state index is -0.146. The summed E-state index contributed by atoms with van der Waals surface area (Å²) in [5, 5.41) is 2.82. The molecule has 0 unspecified atom stereocenters. The second-order valence-electron chi connectivity index (χ2n) is 3.87. The molecule has 0 fully saturated rings. The molecule has 2 rings (SSSR count). The van der Waals surface area contributed by atoms with Gasteiger partial charge >= 0.3 is 6.03 Å². The number of carbonyl (C=O) groups excluding carboxylic acids is 1. The first kappa shape index (κ1) is 12.1. The molecule has 1 aromatic carbocycles. The normalized spacial score (nSPS) is 9.83. The molecule has 0 radical (unpaired) electrons. The summed E-state index contributed by atoms with van der Waals surface area (Å²) in [4.78, 5) is 17.6. The van der Waals surface area contributed by atoms with Crippen LogP contribution in [0.4, 0.5) is 10.5 Å². The highest BCUT2D eigenvalue weighted by Gasteiger charge is 2.09. The van der Waals surface area contributed by atoms with Gasteiger partial charge in [-0.3, -0.25) is 9.88 Å². The van der Waals surface area contributed by atoms with Gasteiger partial charge in [-0.25, -0.2) is 4.79 Å².